The summed E-state index contributed by atoms with van der Waals surface area (Å²) in [6.07, 6.45) is 4.06. The molecule has 7 rings (SSSR count). The smallest absolute Gasteiger partial charge is 0.256 e. The number of benzene rings is 2. The number of carbonyl (C=O) groups is 2. The van der Waals surface area contributed by atoms with E-state index in [1.165, 1.54) is 5.56 Å². The van der Waals surface area contributed by atoms with Crippen LogP contribution in [0.4, 0.5) is 4.39 Å². The fourth-order valence-electron chi connectivity index (χ4n) is 7.97. The average Bonchev–Trinajstić information content (AvgIpc) is 3.68. The second kappa shape index (κ2) is 10.2. The van der Waals surface area contributed by atoms with E-state index in [1.807, 2.05) is 30.1 Å². The second-order valence-corrected chi connectivity index (χ2v) is 12.4. The van der Waals surface area contributed by atoms with Crippen molar-refractivity contribution in [2.45, 2.75) is 36.9 Å². The van der Waals surface area contributed by atoms with Crippen molar-refractivity contribution >= 4 is 22.7 Å². The van der Waals surface area contributed by atoms with Gasteiger partial charge in [0.2, 0.25) is 5.91 Å². The van der Waals surface area contributed by atoms with Crippen LogP contribution < -0.4 is 5.32 Å². The Kier molecular flexibility index (Phi) is 6.64. The van der Waals surface area contributed by atoms with Gasteiger partial charge >= 0.3 is 0 Å². The van der Waals surface area contributed by atoms with Crippen LogP contribution in [0.2, 0.25) is 0 Å². The van der Waals surface area contributed by atoms with E-state index in [0.717, 1.165) is 54.5 Å². The van der Waals surface area contributed by atoms with Gasteiger partial charge in [-0.3, -0.25) is 19.4 Å². The van der Waals surface area contributed by atoms with Crippen LogP contribution in [0.25, 0.3) is 10.9 Å². The zero-order chi connectivity index (χ0) is 28.4. The highest BCUT2D eigenvalue weighted by atomic mass is 19.1. The van der Waals surface area contributed by atoms with E-state index in [2.05, 4.69) is 57.0 Å². The van der Waals surface area contributed by atoms with Crippen molar-refractivity contribution in [2.75, 3.05) is 59.9 Å². The largest absolute Gasteiger partial charge is 0.353 e. The number of likely N-dealkylation sites (N-methyl/N-ethyl adjacent to an activating group) is 1. The van der Waals surface area contributed by atoms with E-state index < -0.39 is 0 Å². The summed E-state index contributed by atoms with van der Waals surface area (Å²) in [5, 5.41) is 4.05. The molecule has 1 aromatic heterocycles. The van der Waals surface area contributed by atoms with Gasteiger partial charge < -0.3 is 19.7 Å². The number of para-hydroxylation sites is 1. The van der Waals surface area contributed by atoms with Gasteiger partial charge in [0.25, 0.3) is 5.91 Å². The number of nitrogens with zero attached hydrogens (tertiary/aromatic N) is 5. The summed E-state index contributed by atoms with van der Waals surface area (Å²) in [5.74, 6) is 0.133. The Morgan fingerprint density at radius 1 is 1.00 bits per heavy atom. The molecule has 4 atom stereocenters. The summed E-state index contributed by atoms with van der Waals surface area (Å²) < 4.78 is 17.1. The minimum absolute atomic E-state index is 0.0124. The van der Waals surface area contributed by atoms with Crippen LogP contribution in [-0.4, -0.2) is 108 Å². The lowest BCUT2D eigenvalue weighted by Crippen LogP contribution is -2.64. The number of nitrogens with one attached hydrogen (secondary N) is 1. The molecule has 4 heterocycles. The van der Waals surface area contributed by atoms with Crippen molar-refractivity contribution in [2.24, 2.45) is 7.05 Å². The van der Waals surface area contributed by atoms with Crippen molar-refractivity contribution in [3.8, 4) is 0 Å². The zero-order valence-electron chi connectivity index (χ0n) is 24.1. The number of likely N-dealkylation sites (tertiary alicyclic amines) is 1. The first-order chi connectivity index (χ1) is 19.8. The van der Waals surface area contributed by atoms with Crippen LogP contribution in [0, 0.1) is 5.82 Å². The summed E-state index contributed by atoms with van der Waals surface area (Å²) in [4.78, 5) is 35.3. The van der Waals surface area contributed by atoms with Crippen molar-refractivity contribution in [1.82, 2.24) is 29.5 Å². The summed E-state index contributed by atoms with van der Waals surface area (Å²) in [5.41, 5.74) is 4.88. The van der Waals surface area contributed by atoms with Crippen LogP contribution >= 0.6 is 0 Å². The van der Waals surface area contributed by atoms with Gasteiger partial charge in [0.15, 0.2) is 0 Å². The van der Waals surface area contributed by atoms with Gasteiger partial charge in [-0.05, 0) is 50.2 Å². The lowest BCUT2D eigenvalue weighted by Gasteiger charge is -2.43. The molecule has 3 aliphatic heterocycles. The SMILES string of the molecule is CN(C)[C@H]1CN(C2CCc3cccc(F)c32)C[C@@H]1c1cn(C)c2c(C(=O)N3CCN4CCNC(=O)C4C3)cccc12. The maximum atomic E-state index is 15.0. The molecule has 2 unspecified atom stereocenters. The molecule has 1 N–H and O–H groups in total. The van der Waals surface area contributed by atoms with Crippen molar-refractivity contribution < 1.29 is 14.0 Å². The molecule has 0 radical (unpaired) electrons. The minimum atomic E-state index is -0.277. The van der Waals surface area contributed by atoms with E-state index in [-0.39, 0.29) is 41.7 Å². The van der Waals surface area contributed by atoms with Crippen molar-refractivity contribution in [3.05, 3.63) is 70.7 Å². The Morgan fingerprint density at radius 3 is 2.66 bits per heavy atom. The fraction of sp³-hybridized carbons (Fsp3) is 0.500. The van der Waals surface area contributed by atoms with Gasteiger partial charge in [0.1, 0.15) is 11.9 Å². The Hall–Kier alpha value is -3.27. The van der Waals surface area contributed by atoms with Crippen LogP contribution in [0.5, 0.6) is 0 Å². The highest BCUT2D eigenvalue weighted by Gasteiger charge is 2.42. The molecule has 9 heteroatoms. The Labute approximate surface area is 240 Å². The molecule has 3 aromatic rings. The van der Waals surface area contributed by atoms with Crippen molar-refractivity contribution in [3.63, 3.8) is 0 Å². The number of amides is 2. The van der Waals surface area contributed by atoms with Gasteiger partial charge in [-0.25, -0.2) is 4.39 Å². The van der Waals surface area contributed by atoms with Gasteiger partial charge in [-0.1, -0.05) is 24.3 Å². The molecule has 8 nitrogen and oxygen atoms in total. The van der Waals surface area contributed by atoms with E-state index >= 15 is 0 Å². The first-order valence-electron chi connectivity index (χ1n) is 14.9. The normalized spacial score (nSPS) is 27.0. The molecular weight excluding hydrogens is 519 g/mol. The van der Waals surface area contributed by atoms with E-state index in [0.29, 0.717) is 31.7 Å². The second-order valence-electron chi connectivity index (χ2n) is 12.4. The molecule has 1 aliphatic carbocycles. The maximum Gasteiger partial charge on any atom is 0.256 e. The summed E-state index contributed by atoms with van der Waals surface area (Å²) >= 11 is 0. The Morgan fingerprint density at radius 2 is 1.83 bits per heavy atom. The van der Waals surface area contributed by atoms with E-state index in [9.17, 15) is 14.0 Å². The number of aryl methyl sites for hydroxylation is 2. The average molecular weight is 559 g/mol. The third kappa shape index (κ3) is 4.37. The fourth-order valence-corrected chi connectivity index (χ4v) is 7.97. The van der Waals surface area contributed by atoms with Gasteiger partial charge in [-0.15, -0.1) is 0 Å². The summed E-state index contributed by atoms with van der Waals surface area (Å²) in [7, 11) is 6.28. The number of rotatable bonds is 4. The van der Waals surface area contributed by atoms with Crippen LogP contribution in [-0.2, 0) is 18.3 Å². The molecule has 0 saturated carbocycles. The molecule has 0 bridgehead atoms. The zero-order valence-corrected chi connectivity index (χ0v) is 24.1. The molecule has 3 saturated heterocycles. The van der Waals surface area contributed by atoms with Gasteiger partial charge in [0, 0.05) is 88.0 Å². The Balaban J connectivity index is 1.20. The maximum absolute atomic E-state index is 15.0. The molecular formula is C32H39FN6O2. The third-order valence-corrected chi connectivity index (χ3v) is 10.0. The number of piperazine rings is 2. The number of hydrogen-bond donors (Lipinski definition) is 1. The molecule has 41 heavy (non-hydrogen) atoms. The first-order valence-corrected chi connectivity index (χ1v) is 14.9. The highest BCUT2D eigenvalue weighted by Crippen LogP contribution is 2.44. The van der Waals surface area contributed by atoms with Crippen LogP contribution in [0.1, 0.15) is 45.4 Å². The number of aromatic nitrogens is 1. The first kappa shape index (κ1) is 26.6. The minimum Gasteiger partial charge on any atom is -0.353 e. The molecule has 0 spiro atoms. The van der Waals surface area contributed by atoms with Crippen LogP contribution in [0.15, 0.2) is 42.6 Å². The lowest BCUT2D eigenvalue weighted by molar-refractivity contribution is -0.131. The Bertz CT molecular complexity index is 1520. The lowest BCUT2D eigenvalue weighted by atomic mass is 9.92. The predicted molar refractivity (Wildman–Crippen MR) is 156 cm³/mol. The molecule has 216 valence electrons. The van der Waals surface area contributed by atoms with E-state index in [4.69, 9.17) is 0 Å². The van der Waals surface area contributed by atoms with Crippen molar-refractivity contribution in [1.29, 1.82) is 0 Å². The highest BCUT2D eigenvalue weighted by molar-refractivity contribution is 6.07. The molecule has 2 amide bonds. The van der Waals surface area contributed by atoms with E-state index in [1.54, 1.807) is 6.07 Å². The summed E-state index contributed by atoms with van der Waals surface area (Å²) in [6.45, 7) is 4.97. The standard InChI is InChI=1S/C32H39FN6O2/c1-35(2)27-18-39(26-11-10-20-6-4-9-25(33)29(20)26)17-24(27)23-16-36(3)30-21(23)7-5-8-22(30)32(41)38-15-14-37-13-12-34-31(40)28(37)19-38/h4-9,16,24,26-28H,10-15,17-19H2,1-3H3,(H,34,40)/t24-,26?,27+,28?/m1/s1. The molecule has 4 aliphatic rings. The summed E-state index contributed by atoms with van der Waals surface area (Å²) in [6, 6.07) is 11.6. The van der Waals surface area contributed by atoms with Gasteiger partial charge in [0.05, 0.1) is 11.1 Å². The quantitative estimate of drug-likeness (QED) is 0.534. The monoisotopic (exact) mass is 558 g/mol. The number of hydrogen-bond acceptors (Lipinski definition) is 5. The topological polar surface area (TPSA) is 64.1 Å². The van der Waals surface area contributed by atoms with Gasteiger partial charge in [-0.2, -0.15) is 0 Å². The van der Waals surface area contributed by atoms with Crippen LogP contribution in [0.3, 0.4) is 0 Å². The number of carbonyl (C=O) groups excluding carboxylic acids is 2. The molecule has 2 aromatic carbocycles. The molecule has 3 fully saturated rings. The third-order valence-electron chi connectivity index (χ3n) is 10.0. The number of fused-ring (bicyclic) bond motifs is 3. The predicted octanol–water partition coefficient (Wildman–Crippen LogP) is 2.59. The number of halogens is 1.